The lowest BCUT2D eigenvalue weighted by atomic mass is 9.82. The lowest BCUT2D eigenvalue weighted by Gasteiger charge is -2.23. The molecule has 2 bridgehead atoms. The summed E-state index contributed by atoms with van der Waals surface area (Å²) in [5.41, 5.74) is 2.59. The number of aliphatic carboxylic acids is 1. The van der Waals surface area contributed by atoms with Crippen molar-refractivity contribution >= 4 is 11.9 Å². The van der Waals surface area contributed by atoms with Crippen LogP contribution >= 0.6 is 0 Å². The molecule has 1 fully saturated rings. The lowest BCUT2D eigenvalue weighted by Crippen LogP contribution is -2.38. The minimum Gasteiger partial charge on any atom is -0.481 e. The summed E-state index contributed by atoms with van der Waals surface area (Å²) in [6.07, 6.45) is 7.32. The molecule has 2 aliphatic rings. The first-order chi connectivity index (χ1) is 8.66. The van der Waals surface area contributed by atoms with Crippen LogP contribution in [0, 0.1) is 23.7 Å². The van der Waals surface area contributed by atoms with Crippen molar-refractivity contribution in [2.45, 2.75) is 6.42 Å². The van der Waals surface area contributed by atoms with Crippen LogP contribution in [-0.2, 0) is 9.59 Å². The molecule has 0 spiro atoms. The molecule has 1 heterocycles. The normalized spacial score (nSPS) is 32.7. The first-order valence-electron chi connectivity index (χ1n) is 5.73. The van der Waals surface area contributed by atoms with E-state index < -0.39 is 17.8 Å². The first-order valence-corrected chi connectivity index (χ1v) is 5.73. The summed E-state index contributed by atoms with van der Waals surface area (Å²) >= 11 is 0. The second kappa shape index (κ2) is 3.94. The molecule has 1 amide bonds. The third kappa shape index (κ3) is 1.59. The topological polar surface area (TPSA) is 97.1 Å². The largest absolute Gasteiger partial charge is 0.481 e. The van der Waals surface area contributed by atoms with Gasteiger partial charge < -0.3 is 5.11 Å². The molecule has 0 aromatic carbocycles. The number of allylic oxidation sites excluding steroid dienone is 2. The molecule has 94 valence electrons. The highest BCUT2D eigenvalue weighted by Crippen LogP contribution is 2.48. The lowest BCUT2D eigenvalue weighted by molar-refractivity contribution is -0.147. The number of rotatable bonds is 3. The maximum Gasteiger partial charge on any atom is 0.307 e. The van der Waals surface area contributed by atoms with Crippen molar-refractivity contribution < 1.29 is 14.7 Å². The second-order valence-corrected chi connectivity index (χ2v) is 4.68. The average molecular weight is 248 g/mol. The minimum absolute atomic E-state index is 0.0209. The van der Waals surface area contributed by atoms with E-state index in [2.05, 4.69) is 15.6 Å². The maximum absolute atomic E-state index is 12.1. The van der Waals surface area contributed by atoms with Gasteiger partial charge in [0, 0.05) is 0 Å². The Morgan fingerprint density at radius 1 is 1.17 bits per heavy atom. The molecule has 7 heteroatoms. The Kier molecular flexibility index (Phi) is 2.39. The molecule has 0 unspecified atom stereocenters. The molecular weight excluding hydrogens is 236 g/mol. The summed E-state index contributed by atoms with van der Waals surface area (Å²) in [5, 5.41) is 16.4. The Bertz CT molecular complexity index is 510. The van der Waals surface area contributed by atoms with Gasteiger partial charge in [-0.3, -0.25) is 15.0 Å². The number of nitrogens with one attached hydrogen (secondary N) is 1. The number of carbonyl (C=O) groups is 2. The van der Waals surface area contributed by atoms with Crippen LogP contribution in [0.1, 0.15) is 6.42 Å². The number of hydrogen-bond acceptors (Lipinski definition) is 4. The van der Waals surface area contributed by atoms with Crippen molar-refractivity contribution in [1.29, 1.82) is 0 Å². The van der Waals surface area contributed by atoms with E-state index in [4.69, 9.17) is 0 Å². The van der Waals surface area contributed by atoms with Gasteiger partial charge in [0.1, 0.15) is 12.7 Å². The zero-order valence-corrected chi connectivity index (χ0v) is 9.43. The quantitative estimate of drug-likeness (QED) is 0.726. The van der Waals surface area contributed by atoms with Gasteiger partial charge in [0.25, 0.3) is 0 Å². The maximum atomic E-state index is 12.1. The molecule has 18 heavy (non-hydrogen) atoms. The van der Waals surface area contributed by atoms with Gasteiger partial charge in [-0.1, -0.05) is 12.2 Å². The smallest absolute Gasteiger partial charge is 0.307 e. The van der Waals surface area contributed by atoms with Gasteiger partial charge in [0.2, 0.25) is 5.91 Å². The van der Waals surface area contributed by atoms with Gasteiger partial charge in [-0.05, 0) is 18.3 Å². The van der Waals surface area contributed by atoms with Crippen molar-refractivity contribution in [1.82, 2.24) is 14.9 Å². The van der Waals surface area contributed by atoms with Gasteiger partial charge in [-0.25, -0.2) is 4.68 Å². The van der Waals surface area contributed by atoms with Crippen LogP contribution in [0.2, 0.25) is 0 Å². The van der Waals surface area contributed by atoms with Crippen LogP contribution in [0.4, 0.5) is 0 Å². The molecular formula is C11H12N4O3. The van der Waals surface area contributed by atoms with Crippen molar-refractivity contribution in [2.24, 2.45) is 23.7 Å². The highest BCUT2D eigenvalue weighted by atomic mass is 16.4. The third-order valence-corrected chi connectivity index (χ3v) is 3.71. The van der Waals surface area contributed by atoms with Gasteiger partial charge >= 0.3 is 5.97 Å². The highest BCUT2D eigenvalue weighted by molar-refractivity contribution is 5.91. The number of carboxylic acids is 1. The van der Waals surface area contributed by atoms with Crippen LogP contribution in [0.3, 0.4) is 0 Å². The van der Waals surface area contributed by atoms with E-state index in [1.54, 1.807) is 0 Å². The Morgan fingerprint density at radius 2 is 1.78 bits per heavy atom. The Balaban J connectivity index is 1.80. The van der Waals surface area contributed by atoms with Crippen LogP contribution in [-0.4, -0.2) is 31.9 Å². The number of amides is 1. The molecule has 1 aromatic rings. The second-order valence-electron chi connectivity index (χ2n) is 4.68. The summed E-state index contributed by atoms with van der Waals surface area (Å²) in [6, 6.07) is 0. The van der Waals surface area contributed by atoms with Crippen LogP contribution in [0.5, 0.6) is 0 Å². The SMILES string of the molecule is O=C(Nn1cnnc1)[C@@H]1[C@H](C(=O)O)[C@@H]2C=C[C@H]1C2. The predicted molar refractivity (Wildman–Crippen MR) is 59.7 cm³/mol. The fraction of sp³-hybridized carbons (Fsp3) is 0.455. The van der Waals surface area contributed by atoms with Crippen molar-refractivity contribution in [3.63, 3.8) is 0 Å². The average Bonchev–Trinajstić information content (AvgIpc) is 3.03. The van der Waals surface area contributed by atoms with Crippen LogP contribution in [0.15, 0.2) is 24.8 Å². The summed E-state index contributed by atoms with van der Waals surface area (Å²) in [7, 11) is 0. The Labute approximate surface area is 102 Å². The fourth-order valence-electron chi connectivity index (χ4n) is 2.98. The number of carbonyl (C=O) groups excluding carboxylic acids is 1. The van der Waals surface area contributed by atoms with Crippen molar-refractivity contribution in [2.75, 3.05) is 5.43 Å². The van der Waals surface area contributed by atoms with Gasteiger partial charge in [-0.15, -0.1) is 10.2 Å². The van der Waals surface area contributed by atoms with Gasteiger partial charge in [0.05, 0.1) is 11.8 Å². The third-order valence-electron chi connectivity index (χ3n) is 3.71. The number of aromatic nitrogens is 3. The summed E-state index contributed by atoms with van der Waals surface area (Å²) in [5.74, 6) is -2.34. The summed E-state index contributed by atoms with van der Waals surface area (Å²) < 4.78 is 1.33. The summed E-state index contributed by atoms with van der Waals surface area (Å²) in [6.45, 7) is 0. The van der Waals surface area contributed by atoms with E-state index in [0.717, 1.165) is 6.42 Å². The Morgan fingerprint density at radius 3 is 2.39 bits per heavy atom. The van der Waals surface area contributed by atoms with Crippen LogP contribution < -0.4 is 5.43 Å². The van der Waals surface area contributed by atoms with Gasteiger partial charge in [-0.2, -0.15) is 0 Å². The molecule has 0 aliphatic heterocycles. The minimum atomic E-state index is -0.907. The number of hydrogen-bond donors (Lipinski definition) is 2. The molecule has 3 rings (SSSR count). The van der Waals surface area contributed by atoms with E-state index in [1.807, 2.05) is 12.2 Å². The monoisotopic (exact) mass is 248 g/mol. The molecule has 2 aliphatic carbocycles. The van der Waals surface area contributed by atoms with E-state index in [-0.39, 0.29) is 17.7 Å². The van der Waals surface area contributed by atoms with E-state index in [0.29, 0.717) is 0 Å². The zero-order valence-electron chi connectivity index (χ0n) is 9.43. The van der Waals surface area contributed by atoms with E-state index in [9.17, 15) is 14.7 Å². The molecule has 0 radical (unpaired) electrons. The number of carboxylic acid groups (broad SMARTS) is 1. The first kappa shape index (κ1) is 10.9. The molecule has 1 aromatic heterocycles. The molecule has 4 atom stereocenters. The van der Waals surface area contributed by atoms with Crippen LogP contribution in [0.25, 0.3) is 0 Å². The predicted octanol–water partition coefficient (Wildman–Crippen LogP) is -0.129. The molecule has 1 saturated carbocycles. The van der Waals surface area contributed by atoms with Crippen molar-refractivity contribution in [3.05, 3.63) is 24.8 Å². The van der Waals surface area contributed by atoms with E-state index in [1.165, 1.54) is 17.3 Å². The molecule has 2 N–H and O–H groups in total. The highest BCUT2D eigenvalue weighted by Gasteiger charge is 2.51. The Hall–Kier alpha value is -2.18. The molecule has 7 nitrogen and oxygen atoms in total. The molecule has 0 saturated heterocycles. The zero-order chi connectivity index (χ0) is 12.7. The number of nitrogens with zero attached hydrogens (tertiary/aromatic N) is 3. The number of fused-ring (bicyclic) bond motifs is 2. The summed E-state index contributed by atoms with van der Waals surface area (Å²) in [4.78, 5) is 23.4. The van der Waals surface area contributed by atoms with E-state index >= 15 is 0 Å². The standard InChI is InChI=1S/C11H12N4O3/c16-10(14-15-4-12-13-5-15)8-6-1-2-7(3-6)9(8)11(17)18/h1-2,4-9H,3H2,(H,14,16)(H,17,18)/t6-,7+,8-,9+/m0/s1. The van der Waals surface area contributed by atoms with Gasteiger partial charge in [0.15, 0.2) is 0 Å². The fourth-order valence-corrected chi connectivity index (χ4v) is 2.98. The van der Waals surface area contributed by atoms with Crippen molar-refractivity contribution in [3.8, 4) is 0 Å².